The van der Waals surface area contributed by atoms with Crippen molar-refractivity contribution in [1.29, 1.82) is 0 Å². The first kappa shape index (κ1) is 26.3. The second-order valence-corrected chi connectivity index (χ2v) is 9.07. The van der Waals surface area contributed by atoms with Crippen molar-refractivity contribution in [3.63, 3.8) is 0 Å². The number of fused-ring (bicyclic) bond motifs is 2. The van der Waals surface area contributed by atoms with Crippen molar-refractivity contribution in [1.82, 2.24) is 39.0 Å². The van der Waals surface area contributed by atoms with Crippen LogP contribution in [0.5, 0.6) is 0 Å². The number of nitrogens with zero attached hydrogens (tertiary/aromatic N) is 8. The summed E-state index contributed by atoms with van der Waals surface area (Å²) in [5, 5.41) is 38.4. The van der Waals surface area contributed by atoms with Crippen LogP contribution in [-0.2, 0) is 9.47 Å². The molecule has 38 heavy (non-hydrogen) atoms. The van der Waals surface area contributed by atoms with Crippen molar-refractivity contribution in [2.24, 2.45) is 0 Å². The molecule has 2 saturated heterocycles. The van der Waals surface area contributed by atoms with Crippen LogP contribution in [0.25, 0.3) is 22.3 Å². The summed E-state index contributed by atoms with van der Waals surface area (Å²) in [6.07, 6.45) is -3.31. The Labute approximate surface area is 217 Å². The van der Waals surface area contributed by atoms with Gasteiger partial charge in [-0.3, -0.25) is 9.13 Å². The summed E-state index contributed by atoms with van der Waals surface area (Å²) >= 11 is 5.77. The highest BCUT2D eigenvalue weighted by molar-refractivity contribution is 6.28. The number of aliphatic hydroxyl groups excluding tert-OH is 4. The quantitative estimate of drug-likeness (QED) is 0.165. The van der Waals surface area contributed by atoms with Crippen LogP contribution in [0.2, 0.25) is 5.28 Å². The number of aromatic nitrogens is 8. The zero-order chi connectivity index (χ0) is 27.3. The zero-order valence-electron chi connectivity index (χ0n) is 19.7. The minimum atomic E-state index is -1.16. The molecule has 8 N–H and O–H groups in total. The highest BCUT2D eigenvalue weighted by Crippen LogP contribution is 2.33. The van der Waals surface area contributed by atoms with E-state index < -0.39 is 49.1 Å². The largest absolute Gasteiger partial charge is 0.394 e. The molecule has 7 atom stereocenters. The summed E-state index contributed by atoms with van der Waals surface area (Å²) in [6.45, 7) is 1.37. The normalized spacial score (nSPS) is 29.2. The van der Waals surface area contributed by atoms with Gasteiger partial charge < -0.3 is 41.4 Å². The zero-order valence-corrected chi connectivity index (χ0v) is 20.5. The average molecular weight is 555 g/mol. The standard InChI is InChI=1S/C10H12ClN5O3.C10H12FN5O3/c11-10-14-8(12)7-9(15-10)16(3-13-7)6-1-4(18)5(2-17)19-6;1-3-5(17)6(18)9(19-3)16-2-13-4-7(12)14-10(11)15-8(4)16/h3-6,17-18H,1-2H2,(H2,12,14,15);2-3,5-6,9,17-18H,1H3,(H2,12,14,15)/t4-,5+,6+;3-,5-,6-,9-/m01/s1. The number of halogens is 2. The number of nitrogens with two attached hydrogens (primary N) is 2. The Hall–Kier alpha value is -3.32. The van der Waals surface area contributed by atoms with Crippen LogP contribution in [0.1, 0.15) is 25.8 Å². The number of hydrogen-bond donors (Lipinski definition) is 6. The highest BCUT2D eigenvalue weighted by Gasteiger charge is 2.42. The van der Waals surface area contributed by atoms with E-state index in [-0.39, 0.29) is 34.7 Å². The SMILES string of the molecule is C[C@H]1O[C@@H](n2cnc3c(N)nc(F)nc32)[C@H](O)[C@@H]1O.Nc1nc(Cl)nc2c1ncn2[C@H]1C[C@H](O)[C@@H](CO)O1. The number of nitrogen functional groups attached to an aromatic ring is 2. The number of rotatable bonds is 3. The van der Waals surface area contributed by atoms with Crippen molar-refractivity contribution in [3.8, 4) is 0 Å². The molecule has 6 rings (SSSR count). The topological polar surface area (TPSA) is 239 Å². The van der Waals surface area contributed by atoms with Gasteiger partial charge in [0, 0.05) is 6.42 Å². The van der Waals surface area contributed by atoms with Gasteiger partial charge in [0.2, 0.25) is 5.28 Å². The smallest absolute Gasteiger partial charge is 0.312 e. The molecule has 204 valence electrons. The molecule has 0 saturated carbocycles. The molecule has 2 aliphatic rings. The molecule has 2 aliphatic heterocycles. The minimum absolute atomic E-state index is 0.0176. The molecule has 0 aromatic carbocycles. The van der Waals surface area contributed by atoms with Gasteiger partial charge in [0.05, 0.1) is 31.5 Å². The molecule has 0 amide bonds. The van der Waals surface area contributed by atoms with E-state index in [0.717, 1.165) is 0 Å². The van der Waals surface area contributed by atoms with Gasteiger partial charge in [0.1, 0.15) is 30.1 Å². The molecule has 0 spiro atoms. The van der Waals surface area contributed by atoms with E-state index in [1.807, 2.05) is 0 Å². The Morgan fingerprint density at radius 1 is 0.974 bits per heavy atom. The van der Waals surface area contributed by atoms with E-state index in [1.165, 1.54) is 17.2 Å². The van der Waals surface area contributed by atoms with Crippen LogP contribution in [-0.4, -0.2) is 96.6 Å². The molecule has 18 heteroatoms. The number of anilines is 2. The lowest BCUT2D eigenvalue weighted by molar-refractivity contribution is -0.0432. The van der Waals surface area contributed by atoms with Gasteiger partial charge >= 0.3 is 6.08 Å². The van der Waals surface area contributed by atoms with E-state index in [0.29, 0.717) is 17.6 Å². The highest BCUT2D eigenvalue weighted by atomic mass is 35.5. The van der Waals surface area contributed by atoms with Gasteiger partial charge in [-0.1, -0.05) is 0 Å². The molecular weight excluding hydrogens is 531 g/mol. The molecule has 0 aliphatic carbocycles. The Morgan fingerprint density at radius 2 is 1.61 bits per heavy atom. The Kier molecular flexibility index (Phi) is 6.99. The van der Waals surface area contributed by atoms with E-state index in [9.17, 15) is 19.7 Å². The lowest BCUT2D eigenvalue weighted by Crippen LogP contribution is -2.30. The van der Waals surface area contributed by atoms with Crippen LogP contribution in [0.4, 0.5) is 16.0 Å². The van der Waals surface area contributed by atoms with Gasteiger partial charge in [-0.15, -0.1) is 0 Å². The van der Waals surface area contributed by atoms with Crippen molar-refractivity contribution >= 4 is 45.6 Å². The van der Waals surface area contributed by atoms with E-state index in [1.54, 1.807) is 11.5 Å². The second-order valence-electron chi connectivity index (χ2n) is 8.73. The average Bonchev–Trinajstić information content (AvgIpc) is 3.62. The third kappa shape index (κ3) is 4.57. The monoisotopic (exact) mass is 554 g/mol. The first-order valence-corrected chi connectivity index (χ1v) is 11.7. The molecule has 0 bridgehead atoms. The third-order valence-electron chi connectivity index (χ3n) is 6.29. The molecule has 0 radical (unpaired) electrons. The molecule has 16 nitrogen and oxygen atoms in total. The van der Waals surface area contributed by atoms with Crippen LogP contribution < -0.4 is 11.5 Å². The number of hydrogen-bond acceptors (Lipinski definition) is 14. The summed E-state index contributed by atoms with van der Waals surface area (Å²) < 4.78 is 27.1. The molecular formula is C20H24ClFN10O6. The van der Waals surface area contributed by atoms with Gasteiger partial charge in [0.15, 0.2) is 34.7 Å². The summed E-state index contributed by atoms with van der Waals surface area (Å²) in [5.41, 5.74) is 12.4. The first-order valence-electron chi connectivity index (χ1n) is 11.4. The molecule has 4 aromatic rings. The van der Waals surface area contributed by atoms with Crippen molar-refractivity contribution in [3.05, 3.63) is 24.0 Å². The van der Waals surface area contributed by atoms with Crippen molar-refractivity contribution in [2.75, 3.05) is 18.1 Å². The van der Waals surface area contributed by atoms with Crippen molar-refractivity contribution < 1.29 is 34.3 Å². The predicted octanol–water partition coefficient (Wildman–Crippen LogP) is -1.11. The number of aliphatic hydroxyl groups is 4. The van der Waals surface area contributed by atoms with Crippen LogP contribution in [0.3, 0.4) is 0 Å². The van der Waals surface area contributed by atoms with Gasteiger partial charge in [-0.2, -0.15) is 24.3 Å². The fraction of sp³-hybridized carbons (Fsp3) is 0.500. The molecule has 6 heterocycles. The minimum Gasteiger partial charge on any atom is -0.394 e. The second kappa shape index (κ2) is 10.1. The lowest BCUT2D eigenvalue weighted by atomic mass is 10.1. The fourth-order valence-corrected chi connectivity index (χ4v) is 4.50. The summed E-state index contributed by atoms with van der Waals surface area (Å²) in [5.74, 6) is 0.0911. The maximum absolute atomic E-state index is 13.2. The van der Waals surface area contributed by atoms with Crippen LogP contribution >= 0.6 is 11.6 Å². The molecule has 2 fully saturated rings. The number of imidazole rings is 2. The third-order valence-corrected chi connectivity index (χ3v) is 6.46. The number of ether oxygens (including phenoxy) is 2. The fourth-order valence-electron chi connectivity index (χ4n) is 4.33. The van der Waals surface area contributed by atoms with Crippen molar-refractivity contribution in [2.45, 2.75) is 56.3 Å². The lowest BCUT2D eigenvalue weighted by Gasteiger charge is -2.16. The Morgan fingerprint density at radius 3 is 2.21 bits per heavy atom. The summed E-state index contributed by atoms with van der Waals surface area (Å²) in [7, 11) is 0. The summed E-state index contributed by atoms with van der Waals surface area (Å²) in [4.78, 5) is 22.9. The van der Waals surface area contributed by atoms with E-state index in [4.69, 9.17) is 37.6 Å². The molecule has 4 aromatic heterocycles. The van der Waals surface area contributed by atoms with Gasteiger partial charge in [-0.05, 0) is 18.5 Å². The van der Waals surface area contributed by atoms with E-state index in [2.05, 4.69) is 29.9 Å². The van der Waals surface area contributed by atoms with Gasteiger partial charge in [-0.25, -0.2) is 9.97 Å². The predicted molar refractivity (Wildman–Crippen MR) is 128 cm³/mol. The Balaban J connectivity index is 0.000000155. The first-order chi connectivity index (χ1) is 18.1. The Bertz CT molecular complexity index is 1470. The maximum Gasteiger partial charge on any atom is 0.312 e. The summed E-state index contributed by atoms with van der Waals surface area (Å²) in [6, 6.07) is 0. The van der Waals surface area contributed by atoms with E-state index >= 15 is 0 Å². The van der Waals surface area contributed by atoms with Crippen LogP contribution in [0.15, 0.2) is 12.7 Å². The van der Waals surface area contributed by atoms with Gasteiger partial charge in [0.25, 0.3) is 0 Å². The molecule has 0 unspecified atom stereocenters. The van der Waals surface area contributed by atoms with Crippen LogP contribution in [0, 0.1) is 6.08 Å². The maximum atomic E-state index is 13.2.